The van der Waals surface area contributed by atoms with Crippen molar-refractivity contribution < 1.29 is 0 Å². The molecule has 0 amide bonds. The van der Waals surface area contributed by atoms with E-state index in [2.05, 4.69) is 27.7 Å². The third-order valence-electron chi connectivity index (χ3n) is 5.66. The molecule has 0 aromatic rings. The summed E-state index contributed by atoms with van der Waals surface area (Å²) >= 11 is -2.07. The van der Waals surface area contributed by atoms with Gasteiger partial charge in [0, 0.05) is 0 Å². The normalized spacial score (nSPS) is 18.7. The SMILES string of the molecule is CCCCC1=N[CH]([Sn]([CH2]CCC)([CH2]CCC)[CH2]CCC)CC1. The molecule has 0 radical (unpaired) electrons. The summed E-state index contributed by atoms with van der Waals surface area (Å²) in [6.45, 7) is 9.43. The van der Waals surface area contributed by atoms with Crippen LogP contribution in [0.3, 0.4) is 0 Å². The molecular formula is C20H41NSn. The van der Waals surface area contributed by atoms with E-state index in [0.29, 0.717) is 0 Å². The molecule has 22 heavy (non-hydrogen) atoms. The molecule has 0 aromatic carbocycles. The zero-order valence-electron chi connectivity index (χ0n) is 15.9. The molecule has 1 rings (SSSR count). The first-order valence-electron chi connectivity index (χ1n) is 10.3. The monoisotopic (exact) mass is 415 g/mol. The average Bonchev–Trinajstić information content (AvgIpc) is 3.02. The average molecular weight is 414 g/mol. The van der Waals surface area contributed by atoms with Crippen LogP contribution < -0.4 is 0 Å². The third kappa shape index (κ3) is 6.53. The fourth-order valence-corrected chi connectivity index (χ4v) is 21.6. The summed E-state index contributed by atoms with van der Waals surface area (Å²) < 4.78 is 5.73. The van der Waals surface area contributed by atoms with E-state index >= 15 is 0 Å². The fourth-order valence-electron chi connectivity index (χ4n) is 4.13. The molecule has 130 valence electrons. The van der Waals surface area contributed by atoms with E-state index in [1.807, 2.05) is 0 Å². The summed E-state index contributed by atoms with van der Waals surface area (Å²) in [6.07, 6.45) is 15.4. The molecule has 1 aliphatic rings. The summed E-state index contributed by atoms with van der Waals surface area (Å²) in [4.78, 5) is 5.37. The van der Waals surface area contributed by atoms with Crippen LogP contribution in [0, 0.1) is 0 Å². The Morgan fingerprint density at radius 2 is 1.32 bits per heavy atom. The molecule has 0 bridgehead atoms. The number of aliphatic imine (C=N–C) groups is 1. The summed E-state index contributed by atoms with van der Waals surface area (Å²) in [5, 5.41) is 0. The van der Waals surface area contributed by atoms with Crippen LogP contribution >= 0.6 is 0 Å². The first-order valence-corrected chi connectivity index (χ1v) is 18.0. The van der Waals surface area contributed by atoms with Crippen LogP contribution in [0.5, 0.6) is 0 Å². The van der Waals surface area contributed by atoms with Crippen molar-refractivity contribution >= 4 is 24.1 Å². The molecule has 0 aliphatic carbocycles. The standard InChI is InChI=1S/C8H14N.3C4H9.Sn/c1-2-3-5-8-6-4-7-9-8;3*1-3-4-2;/h7H,2-6H2,1H3;3*1,3-4H2,2H3;. The van der Waals surface area contributed by atoms with Gasteiger partial charge >= 0.3 is 145 Å². The van der Waals surface area contributed by atoms with Gasteiger partial charge in [-0.3, -0.25) is 0 Å². The number of unbranched alkanes of at least 4 members (excludes halogenated alkanes) is 4. The van der Waals surface area contributed by atoms with E-state index in [0.717, 1.165) is 4.06 Å². The number of nitrogens with zero attached hydrogens (tertiary/aromatic N) is 1. The van der Waals surface area contributed by atoms with Gasteiger partial charge in [0.2, 0.25) is 0 Å². The van der Waals surface area contributed by atoms with Crippen molar-refractivity contribution in [1.82, 2.24) is 0 Å². The van der Waals surface area contributed by atoms with E-state index in [4.69, 9.17) is 4.99 Å². The molecule has 1 aliphatic heterocycles. The third-order valence-corrected chi connectivity index (χ3v) is 22.4. The maximum atomic E-state index is 5.37. The van der Waals surface area contributed by atoms with Gasteiger partial charge in [0.25, 0.3) is 0 Å². The van der Waals surface area contributed by atoms with E-state index in [9.17, 15) is 0 Å². The Hall–Kier alpha value is 0.469. The molecule has 1 heterocycles. The van der Waals surface area contributed by atoms with Crippen molar-refractivity contribution in [2.24, 2.45) is 4.99 Å². The van der Waals surface area contributed by atoms with E-state index in [1.54, 1.807) is 19.0 Å². The van der Waals surface area contributed by atoms with Crippen molar-refractivity contribution in [2.75, 3.05) is 0 Å². The second kappa shape index (κ2) is 11.9. The van der Waals surface area contributed by atoms with Crippen molar-refractivity contribution in [1.29, 1.82) is 0 Å². The molecule has 0 aromatic heterocycles. The number of hydrogen-bond donors (Lipinski definition) is 0. The van der Waals surface area contributed by atoms with Crippen molar-refractivity contribution in [3.8, 4) is 0 Å². The number of hydrogen-bond acceptors (Lipinski definition) is 1. The molecule has 1 nitrogen and oxygen atoms in total. The van der Waals surface area contributed by atoms with Crippen molar-refractivity contribution in [3.63, 3.8) is 0 Å². The molecule has 1 unspecified atom stereocenters. The first kappa shape index (κ1) is 20.5. The minimum absolute atomic E-state index is 0.853. The van der Waals surface area contributed by atoms with Gasteiger partial charge in [-0.05, 0) is 0 Å². The first-order chi connectivity index (χ1) is 10.7. The minimum atomic E-state index is -2.07. The van der Waals surface area contributed by atoms with Gasteiger partial charge in [-0.1, -0.05) is 0 Å². The molecule has 0 spiro atoms. The van der Waals surface area contributed by atoms with Crippen molar-refractivity contribution in [2.45, 2.75) is 116 Å². The Morgan fingerprint density at radius 3 is 1.77 bits per heavy atom. The van der Waals surface area contributed by atoms with Gasteiger partial charge in [0.05, 0.1) is 0 Å². The van der Waals surface area contributed by atoms with Crippen LogP contribution in [0.2, 0.25) is 13.3 Å². The topological polar surface area (TPSA) is 12.4 Å². The molecule has 1 atom stereocenters. The Balaban J connectivity index is 2.82. The van der Waals surface area contributed by atoms with Crippen LogP contribution in [-0.2, 0) is 0 Å². The quantitative estimate of drug-likeness (QED) is 0.284. The van der Waals surface area contributed by atoms with Crippen LogP contribution in [0.1, 0.15) is 98.3 Å². The van der Waals surface area contributed by atoms with Crippen LogP contribution in [-0.4, -0.2) is 28.1 Å². The van der Waals surface area contributed by atoms with Gasteiger partial charge in [-0.2, -0.15) is 0 Å². The maximum absolute atomic E-state index is 5.37. The molecule has 0 saturated heterocycles. The van der Waals surface area contributed by atoms with Gasteiger partial charge in [-0.25, -0.2) is 0 Å². The summed E-state index contributed by atoms with van der Waals surface area (Å²) in [6, 6.07) is 0. The van der Waals surface area contributed by atoms with E-state index in [1.165, 1.54) is 70.6 Å². The van der Waals surface area contributed by atoms with Crippen molar-refractivity contribution in [3.05, 3.63) is 0 Å². The number of rotatable bonds is 13. The second-order valence-electron chi connectivity index (χ2n) is 7.53. The Kier molecular flexibility index (Phi) is 11.1. The van der Waals surface area contributed by atoms with E-state index in [-0.39, 0.29) is 0 Å². The Morgan fingerprint density at radius 1 is 0.818 bits per heavy atom. The molecule has 2 heteroatoms. The predicted octanol–water partition coefficient (Wildman–Crippen LogP) is 7.17. The second-order valence-corrected chi connectivity index (χ2v) is 21.5. The summed E-state index contributed by atoms with van der Waals surface area (Å²) in [7, 11) is 0. The fraction of sp³-hybridized carbons (Fsp3) is 0.950. The summed E-state index contributed by atoms with van der Waals surface area (Å²) in [5.41, 5.74) is 1.59. The zero-order valence-corrected chi connectivity index (χ0v) is 18.8. The molecule has 0 saturated carbocycles. The van der Waals surface area contributed by atoms with Crippen LogP contribution in [0.25, 0.3) is 0 Å². The summed E-state index contributed by atoms with van der Waals surface area (Å²) in [5.74, 6) is 0. The molecular weight excluding hydrogens is 373 g/mol. The van der Waals surface area contributed by atoms with Gasteiger partial charge < -0.3 is 0 Å². The molecule has 0 fully saturated rings. The Bertz CT molecular complexity index is 289. The van der Waals surface area contributed by atoms with Gasteiger partial charge in [-0.15, -0.1) is 0 Å². The Labute approximate surface area is 144 Å². The van der Waals surface area contributed by atoms with Crippen LogP contribution in [0.4, 0.5) is 0 Å². The predicted molar refractivity (Wildman–Crippen MR) is 105 cm³/mol. The van der Waals surface area contributed by atoms with E-state index < -0.39 is 18.4 Å². The van der Waals surface area contributed by atoms with Gasteiger partial charge in [0.15, 0.2) is 0 Å². The zero-order chi connectivity index (χ0) is 16.3. The van der Waals surface area contributed by atoms with Gasteiger partial charge in [0.1, 0.15) is 0 Å². The molecule has 0 N–H and O–H groups in total. The van der Waals surface area contributed by atoms with Crippen LogP contribution in [0.15, 0.2) is 4.99 Å².